The molecule has 0 radical (unpaired) electrons. The van der Waals surface area contributed by atoms with E-state index < -0.39 is 15.8 Å². The van der Waals surface area contributed by atoms with Crippen molar-refractivity contribution in [2.45, 2.75) is 43.9 Å². The second kappa shape index (κ2) is 8.90. The molecule has 156 valence electrons. The predicted molar refractivity (Wildman–Crippen MR) is 112 cm³/mol. The van der Waals surface area contributed by atoms with Crippen molar-refractivity contribution < 1.29 is 18.3 Å². The van der Waals surface area contributed by atoms with Crippen LogP contribution < -0.4 is 4.90 Å². The van der Waals surface area contributed by atoms with Gasteiger partial charge in [0.25, 0.3) is 0 Å². The predicted octanol–water partition coefficient (Wildman–Crippen LogP) is 3.19. The van der Waals surface area contributed by atoms with E-state index in [4.69, 9.17) is 4.98 Å². The second-order valence-corrected chi connectivity index (χ2v) is 9.55. The molecule has 1 aliphatic rings. The molecule has 1 N–H and O–H groups in total. The van der Waals surface area contributed by atoms with E-state index in [1.807, 2.05) is 0 Å². The Balaban J connectivity index is 1.95. The van der Waals surface area contributed by atoms with E-state index in [1.165, 1.54) is 6.26 Å². The van der Waals surface area contributed by atoms with Gasteiger partial charge in [0.1, 0.15) is 5.69 Å². The fourth-order valence-corrected chi connectivity index (χ4v) is 4.15. The van der Waals surface area contributed by atoms with Crippen molar-refractivity contribution in [3.05, 3.63) is 36.2 Å². The molecule has 0 saturated carbocycles. The van der Waals surface area contributed by atoms with Gasteiger partial charge in [-0.2, -0.15) is 0 Å². The van der Waals surface area contributed by atoms with Gasteiger partial charge in [0.05, 0.1) is 16.5 Å². The van der Waals surface area contributed by atoms with Crippen molar-refractivity contribution >= 4 is 21.6 Å². The standard InChI is InChI=1S/C21H27N3O4S/c1-3-4-5-17-14-22-19(15-6-8-18(9-7-15)29(2,27)28)20(23-17)24-12-10-16(11-13-24)21(25)26/h6-9,14,16H,3-5,10-13H2,1-2H3,(H,25,26). The number of nitrogens with zero attached hydrogens (tertiary/aromatic N) is 3. The number of aliphatic carboxylic acids is 1. The van der Waals surface area contributed by atoms with Crippen molar-refractivity contribution in [1.82, 2.24) is 9.97 Å². The number of hydrogen-bond acceptors (Lipinski definition) is 6. The molecule has 0 amide bonds. The third-order valence-corrected chi connectivity index (χ3v) is 6.42. The van der Waals surface area contributed by atoms with Crippen LogP contribution >= 0.6 is 0 Å². The lowest BCUT2D eigenvalue weighted by Gasteiger charge is -2.32. The third-order valence-electron chi connectivity index (χ3n) is 5.29. The maximum absolute atomic E-state index is 11.7. The summed E-state index contributed by atoms with van der Waals surface area (Å²) in [6.07, 6.45) is 7.04. The summed E-state index contributed by atoms with van der Waals surface area (Å²) in [5, 5.41) is 9.27. The number of carboxylic acids is 1. The lowest BCUT2D eigenvalue weighted by atomic mass is 9.97. The first-order valence-electron chi connectivity index (χ1n) is 9.93. The van der Waals surface area contributed by atoms with Crippen LogP contribution in [0.3, 0.4) is 0 Å². The number of benzene rings is 1. The molecule has 2 heterocycles. The molecular formula is C21H27N3O4S. The number of rotatable bonds is 7. The van der Waals surface area contributed by atoms with Crippen LogP contribution in [0.5, 0.6) is 0 Å². The summed E-state index contributed by atoms with van der Waals surface area (Å²) in [7, 11) is -3.27. The van der Waals surface area contributed by atoms with Crippen LogP contribution in [0.25, 0.3) is 11.3 Å². The van der Waals surface area contributed by atoms with E-state index >= 15 is 0 Å². The normalized spacial score (nSPS) is 15.4. The van der Waals surface area contributed by atoms with E-state index in [2.05, 4.69) is 16.8 Å². The number of carbonyl (C=O) groups is 1. The molecule has 1 aliphatic heterocycles. The van der Waals surface area contributed by atoms with Crippen LogP contribution in [-0.2, 0) is 21.1 Å². The highest BCUT2D eigenvalue weighted by molar-refractivity contribution is 7.90. The van der Waals surface area contributed by atoms with Crippen molar-refractivity contribution in [1.29, 1.82) is 0 Å². The lowest BCUT2D eigenvalue weighted by Crippen LogP contribution is -2.37. The molecule has 29 heavy (non-hydrogen) atoms. The Hall–Kier alpha value is -2.48. The Labute approximate surface area is 171 Å². The van der Waals surface area contributed by atoms with Crippen LogP contribution in [0, 0.1) is 5.92 Å². The molecule has 1 saturated heterocycles. The topological polar surface area (TPSA) is 100 Å². The maximum Gasteiger partial charge on any atom is 0.306 e. The van der Waals surface area contributed by atoms with Crippen molar-refractivity contribution in [3.63, 3.8) is 0 Å². The zero-order valence-corrected chi connectivity index (χ0v) is 17.7. The zero-order valence-electron chi connectivity index (χ0n) is 16.8. The molecule has 0 bridgehead atoms. The Kier molecular flexibility index (Phi) is 6.52. The molecule has 3 rings (SSSR count). The number of anilines is 1. The first kappa shape index (κ1) is 21.2. The molecule has 1 aromatic heterocycles. The molecule has 7 nitrogen and oxygen atoms in total. The van der Waals surface area contributed by atoms with Gasteiger partial charge in [0, 0.05) is 31.1 Å². The Bertz CT molecular complexity index is 966. The van der Waals surface area contributed by atoms with Gasteiger partial charge in [-0.05, 0) is 37.8 Å². The number of aromatic nitrogens is 2. The summed E-state index contributed by atoms with van der Waals surface area (Å²) in [6.45, 7) is 3.34. The molecule has 1 aromatic carbocycles. The fraction of sp³-hybridized carbons (Fsp3) is 0.476. The number of hydrogen-bond donors (Lipinski definition) is 1. The SMILES string of the molecule is CCCCc1cnc(-c2ccc(S(C)(=O)=O)cc2)c(N2CCC(C(=O)O)CC2)n1. The fourth-order valence-electron chi connectivity index (χ4n) is 3.52. The summed E-state index contributed by atoms with van der Waals surface area (Å²) >= 11 is 0. The summed E-state index contributed by atoms with van der Waals surface area (Å²) in [5.41, 5.74) is 2.40. The van der Waals surface area contributed by atoms with E-state index in [1.54, 1.807) is 30.5 Å². The van der Waals surface area contributed by atoms with Crippen LogP contribution in [0.2, 0.25) is 0 Å². The number of sulfone groups is 1. The highest BCUT2D eigenvalue weighted by Gasteiger charge is 2.27. The average Bonchev–Trinajstić information content (AvgIpc) is 2.71. The van der Waals surface area contributed by atoms with Crippen molar-refractivity contribution in [2.75, 3.05) is 24.2 Å². The molecule has 0 atom stereocenters. The molecule has 2 aromatic rings. The lowest BCUT2D eigenvalue weighted by molar-refractivity contribution is -0.142. The minimum atomic E-state index is -3.27. The first-order valence-corrected chi connectivity index (χ1v) is 11.8. The van der Waals surface area contributed by atoms with Gasteiger partial charge in [-0.1, -0.05) is 25.5 Å². The van der Waals surface area contributed by atoms with Crippen LogP contribution in [0.1, 0.15) is 38.3 Å². The van der Waals surface area contributed by atoms with Gasteiger partial charge >= 0.3 is 5.97 Å². The Morgan fingerprint density at radius 1 is 1.21 bits per heavy atom. The maximum atomic E-state index is 11.7. The van der Waals surface area contributed by atoms with Crippen LogP contribution in [0.4, 0.5) is 5.82 Å². The number of aryl methyl sites for hydroxylation is 1. The van der Waals surface area contributed by atoms with E-state index in [0.717, 1.165) is 36.3 Å². The second-order valence-electron chi connectivity index (χ2n) is 7.53. The number of carboxylic acid groups (broad SMARTS) is 1. The van der Waals surface area contributed by atoms with Crippen molar-refractivity contribution in [3.8, 4) is 11.3 Å². The summed E-state index contributed by atoms with van der Waals surface area (Å²) in [4.78, 5) is 23.1. The number of piperidine rings is 1. The van der Waals surface area contributed by atoms with Crippen LogP contribution in [-0.4, -0.2) is 48.8 Å². The smallest absolute Gasteiger partial charge is 0.306 e. The summed E-state index contributed by atoms with van der Waals surface area (Å²) in [5.74, 6) is -0.321. The molecule has 0 unspecified atom stereocenters. The van der Waals surface area contributed by atoms with E-state index in [0.29, 0.717) is 31.6 Å². The van der Waals surface area contributed by atoms with Gasteiger partial charge in [-0.15, -0.1) is 0 Å². The van der Waals surface area contributed by atoms with Gasteiger partial charge in [-0.25, -0.2) is 13.4 Å². The quantitative estimate of drug-likeness (QED) is 0.738. The van der Waals surface area contributed by atoms with Crippen molar-refractivity contribution in [2.24, 2.45) is 5.92 Å². The van der Waals surface area contributed by atoms with Gasteiger partial charge in [0.2, 0.25) is 0 Å². The third kappa shape index (κ3) is 5.12. The molecule has 8 heteroatoms. The Morgan fingerprint density at radius 3 is 2.41 bits per heavy atom. The van der Waals surface area contributed by atoms with Gasteiger partial charge < -0.3 is 10.0 Å². The largest absolute Gasteiger partial charge is 0.481 e. The molecule has 0 spiro atoms. The van der Waals surface area contributed by atoms with Gasteiger partial charge in [0.15, 0.2) is 15.7 Å². The number of unbranched alkanes of at least 4 members (excludes halogenated alkanes) is 1. The monoisotopic (exact) mass is 417 g/mol. The van der Waals surface area contributed by atoms with Crippen LogP contribution in [0.15, 0.2) is 35.4 Å². The van der Waals surface area contributed by atoms with E-state index in [9.17, 15) is 18.3 Å². The van der Waals surface area contributed by atoms with Gasteiger partial charge in [-0.3, -0.25) is 9.78 Å². The average molecular weight is 418 g/mol. The molecular weight excluding hydrogens is 390 g/mol. The summed E-state index contributed by atoms with van der Waals surface area (Å²) < 4.78 is 23.5. The Morgan fingerprint density at radius 2 is 1.86 bits per heavy atom. The highest BCUT2D eigenvalue weighted by Crippen LogP contribution is 2.31. The molecule has 1 fully saturated rings. The van der Waals surface area contributed by atoms with E-state index in [-0.39, 0.29) is 10.8 Å². The highest BCUT2D eigenvalue weighted by atomic mass is 32.2. The molecule has 0 aliphatic carbocycles. The minimum absolute atomic E-state index is 0.262. The summed E-state index contributed by atoms with van der Waals surface area (Å²) in [6, 6.07) is 6.66. The first-order chi connectivity index (χ1) is 13.8. The zero-order chi connectivity index (χ0) is 21.0. The minimum Gasteiger partial charge on any atom is -0.481 e.